The van der Waals surface area contributed by atoms with Crippen LogP contribution in [0.15, 0.2) is 24.4 Å². The maximum atomic E-state index is 13.2. The molecule has 0 bridgehead atoms. The average Bonchev–Trinajstić information content (AvgIpc) is 3.69. The van der Waals surface area contributed by atoms with E-state index < -0.39 is 23.4 Å². The predicted octanol–water partition coefficient (Wildman–Crippen LogP) is 0.556. The largest absolute Gasteiger partial charge is 0.376 e. The van der Waals surface area contributed by atoms with Crippen LogP contribution in [0.2, 0.25) is 0 Å². The lowest BCUT2D eigenvalue weighted by molar-refractivity contribution is -0.121. The molecule has 6 rings (SSSR count). The van der Waals surface area contributed by atoms with Gasteiger partial charge in [0.05, 0.1) is 48.3 Å². The number of amides is 2. The van der Waals surface area contributed by atoms with E-state index in [1.54, 1.807) is 10.6 Å². The van der Waals surface area contributed by atoms with Crippen LogP contribution in [0.3, 0.4) is 0 Å². The topological polar surface area (TPSA) is 143 Å². The Labute approximate surface area is 193 Å². The number of hydrogen-bond acceptors (Lipinski definition) is 8. The molecular weight excluding hydrogens is 441 g/mol. The quantitative estimate of drug-likeness (QED) is 0.459. The van der Waals surface area contributed by atoms with Crippen molar-refractivity contribution in [3.05, 3.63) is 41.6 Å². The molecule has 11 nitrogen and oxygen atoms in total. The van der Waals surface area contributed by atoms with Crippen LogP contribution in [0.4, 0.5) is 15.8 Å². The first-order valence-electron chi connectivity index (χ1n) is 11.2. The molecule has 4 N–H and O–H groups in total. The van der Waals surface area contributed by atoms with Gasteiger partial charge in [-0.25, -0.2) is 13.9 Å². The molecule has 4 heterocycles. The third-order valence-corrected chi connectivity index (χ3v) is 7.33. The van der Waals surface area contributed by atoms with E-state index in [-0.39, 0.29) is 17.7 Å². The number of primary amides is 1. The van der Waals surface area contributed by atoms with E-state index in [1.807, 2.05) is 23.2 Å². The highest BCUT2D eigenvalue weighted by Gasteiger charge is 2.78. The number of anilines is 2. The summed E-state index contributed by atoms with van der Waals surface area (Å²) in [6, 6.07) is 5.42. The molecule has 1 saturated heterocycles. The maximum Gasteiger partial charge on any atom is 0.273 e. The van der Waals surface area contributed by atoms with Crippen molar-refractivity contribution in [1.82, 2.24) is 30.1 Å². The summed E-state index contributed by atoms with van der Waals surface area (Å²) in [5.41, 5.74) is 7.42. The summed E-state index contributed by atoms with van der Waals surface area (Å²) in [6.07, 6.45) is 3.57. The van der Waals surface area contributed by atoms with E-state index in [9.17, 15) is 14.0 Å². The van der Waals surface area contributed by atoms with E-state index in [1.165, 1.54) is 7.05 Å². The zero-order valence-electron chi connectivity index (χ0n) is 18.6. The molecule has 0 radical (unpaired) electrons. The Kier molecular flexibility index (Phi) is 4.32. The van der Waals surface area contributed by atoms with E-state index in [0.29, 0.717) is 42.4 Å². The summed E-state index contributed by atoms with van der Waals surface area (Å²) in [5.74, 6) is -0.308. The Hall–Kier alpha value is -3.83. The molecule has 34 heavy (non-hydrogen) atoms. The van der Waals surface area contributed by atoms with Gasteiger partial charge < -0.3 is 21.3 Å². The van der Waals surface area contributed by atoms with Crippen molar-refractivity contribution in [2.75, 3.05) is 30.4 Å². The fraction of sp³-hybridized carbons (Fsp3) is 0.455. The summed E-state index contributed by atoms with van der Waals surface area (Å²) < 4.78 is 14.8. The van der Waals surface area contributed by atoms with Crippen molar-refractivity contribution in [1.29, 1.82) is 0 Å². The number of aromatic nitrogens is 5. The minimum atomic E-state index is -0.815. The zero-order valence-corrected chi connectivity index (χ0v) is 18.6. The van der Waals surface area contributed by atoms with Gasteiger partial charge >= 0.3 is 0 Å². The molecule has 3 aromatic heterocycles. The Morgan fingerprint density at radius 1 is 1.26 bits per heavy atom. The van der Waals surface area contributed by atoms with Crippen LogP contribution in [0.1, 0.15) is 41.3 Å². The first-order chi connectivity index (χ1) is 16.3. The van der Waals surface area contributed by atoms with Crippen LogP contribution in [0, 0.1) is 5.41 Å². The van der Waals surface area contributed by atoms with Crippen LogP contribution < -0.4 is 21.3 Å². The van der Waals surface area contributed by atoms with Crippen LogP contribution in [-0.2, 0) is 16.8 Å². The SMILES string of the molecule is CNC(=O)c1nnc([C@@]2(C(N)=O)CC23CC3)cc1NCc1nc2ccc(N3CC(F)C3)cn2n1. The average molecular weight is 465 g/mol. The van der Waals surface area contributed by atoms with Gasteiger partial charge in [0.25, 0.3) is 5.91 Å². The molecular formula is C22H24FN9O2. The lowest BCUT2D eigenvalue weighted by Crippen LogP contribution is -2.48. The Bertz CT molecular complexity index is 1330. The number of carbonyl (C=O) groups is 2. The van der Waals surface area contributed by atoms with Crippen LogP contribution in [0.5, 0.6) is 0 Å². The van der Waals surface area contributed by atoms with Gasteiger partial charge in [-0.1, -0.05) is 0 Å². The number of fused-ring (bicyclic) bond motifs is 1. The van der Waals surface area contributed by atoms with Crippen molar-refractivity contribution < 1.29 is 14.0 Å². The normalized spacial score (nSPS) is 22.5. The Morgan fingerprint density at radius 2 is 2.06 bits per heavy atom. The number of nitrogens with zero attached hydrogens (tertiary/aromatic N) is 6. The number of halogens is 1. The number of nitrogens with two attached hydrogens (primary N) is 1. The molecule has 2 aliphatic carbocycles. The van der Waals surface area contributed by atoms with Gasteiger partial charge in [-0.05, 0) is 42.9 Å². The highest BCUT2D eigenvalue weighted by atomic mass is 19.1. The van der Waals surface area contributed by atoms with Gasteiger partial charge in [-0.15, -0.1) is 10.2 Å². The lowest BCUT2D eigenvalue weighted by Gasteiger charge is -2.36. The number of alkyl halides is 1. The Morgan fingerprint density at radius 3 is 2.71 bits per heavy atom. The third-order valence-electron chi connectivity index (χ3n) is 7.33. The second-order valence-corrected chi connectivity index (χ2v) is 9.37. The van der Waals surface area contributed by atoms with Crippen molar-refractivity contribution in [2.45, 2.75) is 37.4 Å². The van der Waals surface area contributed by atoms with Gasteiger partial charge in [-0.3, -0.25) is 9.59 Å². The first-order valence-corrected chi connectivity index (χ1v) is 11.2. The summed E-state index contributed by atoms with van der Waals surface area (Å²) >= 11 is 0. The molecule has 2 saturated carbocycles. The van der Waals surface area contributed by atoms with Gasteiger partial charge in [-0.2, -0.15) is 5.10 Å². The van der Waals surface area contributed by atoms with Crippen LogP contribution in [-0.4, -0.2) is 62.9 Å². The molecule has 0 unspecified atom stereocenters. The fourth-order valence-corrected chi connectivity index (χ4v) is 5.07. The molecule has 3 aromatic rings. The number of nitrogens with one attached hydrogen (secondary N) is 2. The van der Waals surface area contributed by atoms with Crippen molar-refractivity contribution in [2.24, 2.45) is 11.1 Å². The summed E-state index contributed by atoms with van der Waals surface area (Å²) in [7, 11) is 1.51. The molecule has 0 aromatic carbocycles. The van der Waals surface area contributed by atoms with Crippen molar-refractivity contribution in [3.63, 3.8) is 0 Å². The predicted molar refractivity (Wildman–Crippen MR) is 120 cm³/mol. The monoisotopic (exact) mass is 465 g/mol. The Balaban J connectivity index is 1.27. The molecule has 12 heteroatoms. The summed E-state index contributed by atoms with van der Waals surface area (Å²) in [4.78, 5) is 31.2. The van der Waals surface area contributed by atoms with Crippen LogP contribution in [0.25, 0.3) is 5.65 Å². The number of pyridine rings is 1. The van der Waals surface area contributed by atoms with Gasteiger partial charge in [0.15, 0.2) is 17.2 Å². The molecule has 3 fully saturated rings. The maximum absolute atomic E-state index is 13.2. The van der Waals surface area contributed by atoms with E-state index >= 15 is 0 Å². The summed E-state index contributed by atoms with van der Waals surface area (Å²) in [5, 5.41) is 18.6. The van der Waals surface area contributed by atoms with E-state index in [4.69, 9.17) is 5.73 Å². The first kappa shape index (κ1) is 20.8. The van der Waals surface area contributed by atoms with Gasteiger partial charge in [0.2, 0.25) is 5.91 Å². The molecule has 176 valence electrons. The summed E-state index contributed by atoms with van der Waals surface area (Å²) in [6.45, 7) is 0.974. The second kappa shape index (κ2) is 7.08. The minimum absolute atomic E-state index is 0.0984. The number of hydrogen-bond donors (Lipinski definition) is 3. The standard InChI is InChI=1S/C22H24FN9O2/c1-25-19(33)18-14(6-15(28-29-18)22(20(24)34)11-21(22)4-5-21)26-7-16-27-17-3-2-13(10-32(17)30-16)31-8-12(23)9-31/h2-3,6,10,12H,4-5,7-9,11H2,1H3,(H2,24,34)(H,25,33)(H,26,28)/t22-/m1/s1. The van der Waals surface area contributed by atoms with Crippen LogP contribution >= 0.6 is 0 Å². The van der Waals surface area contributed by atoms with E-state index in [0.717, 1.165) is 18.5 Å². The fourth-order valence-electron chi connectivity index (χ4n) is 5.07. The zero-order chi connectivity index (χ0) is 23.7. The van der Waals surface area contributed by atoms with Gasteiger partial charge in [0, 0.05) is 7.05 Å². The second-order valence-electron chi connectivity index (χ2n) is 9.37. The molecule has 3 aliphatic rings. The van der Waals surface area contributed by atoms with Crippen molar-refractivity contribution >= 4 is 28.8 Å². The van der Waals surface area contributed by atoms with Gasteiger partial charge in [0.1, 0.15) is 6.17 Å². The van der Waals surface area contributed by atoms with E-state index in [2.05, 4.69) is 30.9 Å². The lowest BCUT2D eigenvalue weighted by atomic mass is 9.96. The molecule has 1 atom stereocenters. The number of rotatable bonds is 7. The number of carbonyl (C=O) groups excluding carboxylic acids is 2. The van der Waals surface area contributed by atoms with Crippen molar-refractivity contribution in [3.8, 4) is 0 Å². The molecule has 2 amide bonds. The highest BCUT2D eigenvalue weighted by molar-refractivity contribution is 5.98. The minimum Gasteiger partial charge on any atom is -0.376 e. The smallest absolute Gasteiger partial charge is 0.273 e. The third kappa shape index (κ3) is 3.01. The molecule has 1 aliphatic heterocycles. The highest BCUT2D eigenvalue weighted by Crippen LogP contribution is 2.78. The molecule has 1 spiro atoms.